The zero-order valence-corrected chi connectivity index (χ0v) is 21.9. The number of fused-ring (bicyclic) bond motifs is 1. The Balaban J connectivity index is 2.13. The fourth-order valence-corrected chi connectivity index (χ4v) is 5.87. The van der Waals surface area contributed by atoms with Gasteiger partial charge >= 0.3 is 0 Å². The van der Waals surface area contributed by atoms with Crippen molar-refractivity contribution in [2.24, 2.45) is 29.6 Å². The van der Waals surface area contributed by atoms with Crippen LogP contribution < -0.4 is 21.4 Å². The molecule has 5 unspecified atom stereocenters. The standard InChI is InChI=1S/C26H46N4O5/c1-5-27-24(32)17(4)28-26(34)22(14-18-10-11-19-8-6-7-9-20(19)13-18)29-25(33)21(12-16(2)3)15-23(31)30-35/h16-22,35H,5-15H2,1-4H3,(H,27,32)(H,28,34)(H,29,33)(H,30,31)/t17?,18?,19?,20?,21?,22-/m0/s1. The van der Waals surface area contributed by atoms with Crippen LogP contribution in [0, 0.1) is 29.6 Å². The summed E-state index contributed by atoms with van der Waals surface area (Å²) in [6.07, 6.45) is 9.20. The van der Waals surface area contributed by atoms with Crippen molar-refractivity contribution in [2.45, 2.75) is 104 Å². The Morgan fingerprint density at radius 1 is 0.886 bits per heavy atom. The molecular weight excluding hydrogens is 448 g/mol. The number of hydrogen-bond donors (Lipinski definition) is 5. The highest BCUT2D eigenvalue weighted by Crippen LogP contribution is 2.43. The molecule has 0 radical (unpaired) electrons. The zero-order chi connectivity index (χ0) is 26.0. The Bertz CT molecular complexity index is 729. The smallest absolute Gasteiger partial charge is 0.244 e. The molecule has 0 aliphatic heterocycles. The van der Waals surface area contributed by atoms with E-state index in [4.69, 9.17) is 5.21 Å². The van der Waals surface area contributed by atoms with Gasteiger partial charge in [-0.15, -0.1) is 0 Å². The lowest BCUT2D eigenvalue weighted by Gasteiger charge is -2.40. The molecule has 6 atom stereocenters. The molecule has 2 aliphatic rings. The van der Waals surface area contributed by atoms with Crippen molar-refractivity contribution in [1.29, 1.82) is 0 Å². The predicted molar refractivity (Wildman–Crippen MR) is 133 cm³/mol. The van der Waals surface area contributed by atoms with Gasteiger partial charge in [0, 0.05) is 18.9 Å². The molecule has 2 rings (SSSR count). The largest absolute Gasteiger partial charge is 0.355 e. The van der Waals surface area contributed by atoms with E-state index in [9.17, 15) is 19.2 Å². The summed E-state index contributed by atoms with van der Waals surface area (Å²) >= 11 is 0. The number of hydrogen-bond acceptors (Lipinski definition) is 5. The molecule has 200 valence electrons. The SMILES string of the molecule is CCNC(=O)C(C)NC(=O)[C@H](CC1CCC2CCCCC2C1)NC(=O)C(CC(=O)NO)CC(C)C. The molecule has 2 aliphatic carbocycles. The minimum absolute atomic E-state index is 0.155. The summed E-state index contributed by atoms with van der Waals surface area (Å²) in [4.78, 5) is 50.4. The van der Waals surface area contributed by atoms with E-state index >= 15 is 0 Å². The molecule has 0 aromatic rings. The van der Waals surface area contributed by atoms with E-state index in [0.717, 1.165) is 18.8 Å². The number of hydroxylamine groups is 1. The maximum absolute atomic E-state index is 13.3. The summed E-state index contributed by atoms with van der Waals surface area (Å²) in [5.74, 6) is -0.355. The van der Waals surface area contributed by atoms with Gasteiger partial charge in [0.05, 0.1) is 0 Å². The first kappa shape index (κ1) is 29.1. The van der Waals surface area contributed by atoms with Crippen LogP contribution in [0.15, 0.2) is 0 Å². The second-order valence-electron chi connectivity index (χ2n) is 11.0. The Labute approximate surface area is 209 Å². The summed E-state index contributed by atoms with van der Waals surface area (Å²) in [5.41, 5.74) is 1.60. The summed E-state index contributed by atoms with van der Waals surface area (Å²) < 4.78 is 0. The van der Waals surface area contributed by atoms with Crippen molar-refractivity contribution in [3.8, 4) is 0 Å². The molecule has 0 aromatic heterocycles. The van der Waals surface area contributed by atoms with Crippen molar-refractivity contribution in [3.63, 3.8) is 0 Å². The van der Waals surface area contributed by atoms with Gasteiger partial charge in [0.15, 0.2) is 0 Å². The van der Waals surface area contributed by atoms with Crippen molar-refractivity contribution in [1.82, 2.24) is 21.4 Å². The van der Waals surface area contributed by atoms with Gasteiger partial charge in [0.25, 0.3) is 0 Å². The third-order valence-corrected chi connectivity index (χ3v) is 7.64. The Kier molecular flexibility index (Phi) is 12.0. The van der Waals surface area contributed by atoms with E-state index in [1.807, 2.05) is 20.8 Å². The third-order valence-electron chi connectivity index (χ3n) is 7.64. The Hall–Kier alpha value is -2.16. The number of rotatable bonds is 12. The van der Waals surface area contributed by atoms with Crippen LogP contribution in [0.4, 0.5) is 0 Å². The quantitative estimate of drug-likeness (QED) is 0.210. The zero-order valence-electron chi connectivity index (χ0n) is 21.9. The number of carbonyl (C=O) groups is 4. The monoisotopic (exact) mass is 494 g/mol. The van der Waals surface area contributed by atoms with Crippen molar-refractivity contribution in [3.05, 3.63) is 0 Å². The molecule has 0 aromatic carbocycles. The Morgan fingerprint density at radius 3 is 2.20 bits per heavy atom. The van der Waals surface area contributed by atoms with Crippen LogP contribution in [0.3, 0.4) is 0 Å². The lowest BCUT2D eigenvalue weighted by atomic mass is 9.66. The van der Waals surface area contributed by atoms with E-state index in [1.54, 1.807) is 12.4 Å². The molecule has 5 N–H and O–H groups in total. The second-order valence-corrected chi connectivity index (χ2v) is 11.0. The van der Waals surface area contributed by atoms with Crippen molar-refractivity contribution in [2.75, 3.05) is 6.54 Å². The van der Waals surface area contributed by atoms with Gasteiger partial charge in [0.1, 0.15) is 12.1 Å². The lowest BCUT2D eigenvalue weighted by Crippen LogP contribution is -2.54. The van der Waals surface area contributed by atoms with Gasteiger partial charge in [-0.1, -0.05) is 46.0 Å². The maximum atomic E-state index is 13.3. The number of carbonyl (C=O) groups excluding carboxylic acids is 4. The van der Waals surface area contributed by atoms with Gasteiger partial charge in [-0.25, -0.2) is 5.48 Å². The molecule has 4 amide bonds. The Morgan fingerprint density at radius 2 is 1.57 bits per heavy atom. The molecule has 2 fully saturated rings. The highest BCUT2D eigenvalue weighted by Gasteiger charge is 2.36. The minimum atomic E-state index is -0.781. The highest BCUT2D eigenvalue weighted by molar-refractivity contribution is 5.93. The van der Waals surface area contributed by atoms with Crippen LogP contribution in [0.2, 0.25) is 0 Å². The normalized spacial score (nSPS) is 24.5. The van der Waals surface area contributed by atoms with Crippen LogP contribution in [0.1, 0.15) is 91.9 Å². The first-order chi connectivity index (χ1) is 16.6. The summed E-state index contributed by atoms with van der Waals surface area (Å²) in [5, 5.41) is 17.3. The highest BCUT2D eigenvalue weighted by atomic mass is 16.5. The van der Waals surface area contributed by atoms with Gasteiger partial charge in [-0.3, -0.25) is 24.4 Å². The molecule has 9 nitrogen and oxygen atoms in total. The fraction of sp³-hybridized carbons (Fsp3) is 0.846. The fourth-order valence-electron chi connectivity index (χ4n) is 5.87. The molecule has 0 bridgehead atoms. The van der Waals surface area contributed by atoms with Crippen LogP contribution in [0.5, 0.6) is 0 Å². The van der Waals surface area contributed by atoms with Crippen LogP contribution >= 0.6 is 0 Å². The summed E-state index contributed by atoms with van der Waals surface area (Å²) in [6, 6.07) is -1.50. The second kappa shape index (κ2) is 14.4. The third kappa shape index (κ3) is 9.43. The van der Waals surface area contributed by atoms with E-state index in [1.165, 1.54) is 32.1 Å². The van der Waals surface area contributed by atoms with Crippen molar-refractivity contribution < 1.29 is 24.4 Å². The van der Waals surface area contributed by atoms with E-state index in [0.29, 0.717) is 31.2 Å². The van der Waals surface area contributed by atoms with E-state index in [-0.39, 0.29) is 30.1 Å². The van der Waals surface area contributed by atoms with Crippen LogP contribution in [-0.4, -0.2) is 47.5 Å². The van der Waals surface area contributed by atoms with Gasteiger partial charge in [0.2, 0.25) is 23.6 Å². The molecule has 35 heavy (non-hydrogen) atoms. The van der Waals surface area contributed by atoms with Crippen LogP contribution in [0.25, 0.3) is 0 Å². The average molecular weight is 495 g/mol. The minimum Gasteiger partial charge on any atom is -0.355 e. The van der Waals surface area contributed by atoms with Crippen LogP contribution in [-0.2, 0) is 19.2 Å². The van der Waals surface area contributed by atoms with E-state index < -0.39 is 23.9 Å². The van der Waals surface area contributed by atoms with E-state index in [2.05, 4.69) is 16.0 Å². The lowest BCUT2D eigenvalue weighted by molar-refractivity contribution is -0.137. The van der Waals surface area contributed by atoms with Gasteiger partial charge in [-0.05, 0) is 63.2 Å². The topological polar surface area (TPSA) is 137 Å². The number of nitrogens with one attached hydrogen (secondary N) is 4. The molecule has 0 spiro atoms. The van der Waals surface area contributed by atoms with Crippen molar-refractivity contribution >= 4 is 23.6 Å². The molecular formula is C26H46N4O5. The molecule has 2 saturated carbocycles. The molecule has 0 saturated heterocycles. The number of amides is 4. The predicted octanol–water partition coefficient (Wildman–Crippen LogP) is 2.67. The molecule has 0 heterocycles. The summed E-state index contributed by atoms with van der Waals surface area (Å²) in [7, 11) is 0. The summed E-state index contributed by atoms with van der Waals surface area (Å²) in [6.45, 7) is 7.82. The number of likely N-dealkylation sites (N-methyl/N-ethyl adjacent to an activating group) is 1. The maximum Gasteiger partial charge on any atom is 0.244 e. The first-order valence-corrected chi connectivity index (χ1v) is 13.5. The molecule has 9 heteroatoms. The van der Waals surface area contributed by atoms with Gasteiger partial charge in [-0.2, -0.15) is 0 Å². The average Bonchev–Trinajstić information content (AvgIpc) is 2.82. The first-order valence-electron chi connectivity index (χ1n) is 13.5. The van der Waals surface area contributed by atoms with Gasteiger partial charge < -0.3 is 16.0 Å².